The van der Waals surface area contributed by atoms with Crippen LogP contribution < -0.4 is 0 Å². The van der Waals surface area contributed by atoms with Crippen LogP contribution in [0.1, 0.15) is 65.2 Å². The summed E-state index contributed by atoms with van der Waals surface area (Å²) in [6, 6.07) is 0. The van der Waals surface area contributed by atoms with Crippen LogP contribution in [0.15, 0.2) is 36.5 Å². The van der Waals surface area contributed by atoms with Gasteiger partial charge >= 0.3 is 5.97 Å². The molecule has 146 valence electrons. The van der Waals surface area contributed by atoms with Crippen molar-refractivity contribution in [1.29, 1.82) is 0 Å². The van der Waals surface area contributed by atoms with Crippen molar-refractivity contribution in [3.8, 4) is 0 Å². The Balaban J connectivity index is 2.38. The maximum Gasteiger partial charge on any atom is 0.327 e. The highest BCUT2D eigenvalue weighted by molar-refractivity contribution is 5.94. The van der Waals surface area contributed by atoms with Crippen LogP contribution in [0.5, 0.6) is 0 Å². The van der Waals surface area contributed by atoms with Crippen molar-refractivity contribution in [2.24, 2.45) is 17.8 Å². The Morgan fingerprint density at radius 3 is 2.77 bits per heavy atom. The number of hydrogen-bond donors (Lipinski definition) is 2. The summed E-state index contributed by atoms with van der Waals surface area (Å²) in [5, 5.41) is 18.7. The van der Waals surface area contributed by atoms with Crippen molar-refractivity contribution < 1.29 is 19.8 Å². The van der Waals surface area contributed by atoms with Crippen LogP contribution >= 0.6 is 0 Å². The molecule has 0 amide bonds. The van der Waals surface area contributed by atoms with Crippen molar-refractivity contribution >= 4 is 11.8 Å². The first-order valence-corrected chi connectivity index (χ1v) is 9.92. The molecule has 4 atom stereocenters. The first-order chi connectivity index (χ1) is 12.4. The molecule has 1 aliphatic rings. The van der Waals surface area contributed by atoms with E-state index in [1.165, 1.54) is 12.8 Å². The molecule has 26 heavy (non-hydrogen) atoms. The van der Waals surface area contributed by atoms with E-state index in [4.69, 9.17) is 5.11 Å². The van der Waals surface area contributed by atoms with Gasteiger partial charge in [-0.05, 0) is 37.7 Å². The van der Waals surface area contributed by atoms with Crippen LogP contribution in [-0.4, -0.2) is 28.1 Å². The molecule has 2 N–H and O–H groups in total. The highest BCUT2D eigenvalue weighted by Gasteiger charge is 2.27. The number of ketones is 1. The van der Waals surface area contributed by atoms with Crippen LogP contribution in [0.25, 0.3) is 0 Å². The Bertz CT molecular complexity index is 518. The van der Waals surface area contributed by atoms with E-state index < -0.39 is 12.1 Å². The minimum atomic E-state index is -0.923. The first-order valence-electron chi connectivity index (χ1n) is 9.92. The van der Waals surface area contributed by atoms with E-state index in [1.54, 1.807) is 12.2 Å². The number of unbranched alkanes of at least 4 members (excludes halogenated alkanes) is 3. The summed E-state index contributed by atoms with van der Waals surface area (Å²) in [6.07, 6.45) is 17.3. The van der Waals surface area contributed by atoms with Crippen molar-refractivity contribution in [2.45, 2.75) is 71.3 Å². The van der Waals surface area contributed by atoms with E-state index in [2.05, 4.69) is 13.8 Å². The van der Waals surface area contributed by atoms with Gasteiger partial charge in [-0.3, -0.25) is 4.79 Å². The van der Waals surface area contributed by atoms with Crippen molar-refractivity contribution in [1.82, 2.24) is 0 Å². The second-order valence-corrected chi connectivity index (χ2v) is 7.41. The predicted octanol–water partition coefficient (Wildman–Crippen LogP) is 4.69. The zero-order valence-corrected chi connectivity index (χ0v) is 16.1. The summed E-state index contributed by atoms with van der Waals surface area (Å²) >= 11 is 0. The zero-order valence-electron chi connectivity index (χ0n) is 16.1. The molecule has 4 heteroatoms. The first kappa shape index (κ1) is 22.4. The molecule has 0 bridgehead atoms. The van der Waals surface area contributed by atoms with Gasteiger partial charge in [-0.2, -0.15) is 0 Å². The molecule has 0 saturated carbocycles. The maximum absolute atomic E-state index is 12.1. The molecule has 0 saturated heterocycles. The SMILES string of the molecule is CCCC[C@H](C)C[C@H](O)C=C[C@H]1C=CC(=O)[C@@H]1CCCC/C=C/C(=O)O. The molecule has 0 fully saturated rings. The van der Waals surface area contributed by atoms with Gasteiger partial charge in [0.1, 0.15) is 0 Å². The highest BCUT2D eigenvalue weighted by Crippen LogP contribution is 2.29. The van der Waals surface area contributed by atoms with Crippen LogP contribution in [-0.2, 0) is 9.59 Å². The quantitative estimate of drug-likeness (QED) is 0.283. The fourth-order valence-electron chi connectivity index (χ4n) is 3.41. The number of allylic oxidation sites excluding steroid dienone is 4. The molecular weight excluding hydrogens is 328 g/mol. The lowest BCUT2D eigenvalue weighted by molar-refractivity contribution is -0.131. The van der Waals surface area contributed by atoms with Gasteiger partial charge in [-0.15, -0.1) is 0 Å². The van der Waals surface area contributed by atoms with Gasteiger partial charge in [-0.25, -0.2) is 4.79 Å². The van der Waals surface area contributed by atoms with Crippen molar-refractivity contribution in [3.63, 3.8) is 0 Å². The smallest absolute Gasteiger partial charge is 0.327 e. The Morgan fingerprint density at radius 2 is 2.08 bits per heavy atom. The molecule has 0 spiro atoms. The van der Waals surface area contributed by atoms with Gasteiger partial charge in [0.05, 0.1) is 6.10 Å². The van der Waals surface area contributed by atoms with E-state index in [1.807, 2.05) is 18.2 Å². The molecule has 0 aromatic heterocycles. The molecule has 0 aromatic rings. The average Bonchev–Trinajstić information content (AvgIpc) is 2.94. The number of hydrogen-bond acceptors (Lipinski definition) is 3. The summed E-state index contributed by atoms with van der Waals surface area (Å²) in [5.41, 5.74) is 0. The van der Waals surface area contributed by atoms with Crippen LogP contribution in [0.4, 0.5) is 0 Å². The number of aliphatic hydroxyl groups excluding tert-OH is 1. The van der Waals surface area contributed by atoms with Crippen LogP contribution in [0.2, 0.25) is 0 Å². The van der Waals surface area contributed by atoms with E-state index in [0.717, 1.165) is 44.6 Å². The Morgan fingerprint density at radius 1 is 1.31 bits per heavy atom. The van der Waals surface area contributed by atoms with Gasteiger partial charge in [0.25, 0.3) is 0 Å². The number of rotatable bonds is 13. The van der Waals surface area contributed by atoms with Crippen molar-refractivity contribution in [3.05, 3.63) is 36.5 Å². The fourth-order valence-corrected chi connectivity index (χ4v) is 3.41. The van der Waals surface area contributed by atoms with Crippen LogP contribution in [0, 0.1) is 17.8 Å². The monoisotopic (exact) mass is 362 g/mol. The normalized spacial score (nSPS) is 22.5. The van der Waals surface area contributed by atoms with Crippen LogP contribution in [0.3, 0.4) is 0 Å². The van der Waals surface area contributed by atoms with Gasteiger partial charge in [0.15, 0.2) is 5.78 Å². The number of carbonyl (C=O) groups is 2. The number of aliphatic hydroxyl groups is 1. The Hall–Kier alpha value is -1.68. The van der Waals surface area contributed by atoms with E-state index in [-0.39, 0.29) is 17.6 Å². The molecule has 1 aliphatic carbocycles. The lowest BCUT2D eigenvalue weighted by atomic mass is 9.88. The fraction of sp³-hybridized carbons (Fsp3) is 0.636. The molecule has 4 nitrogen and oxygen atoms in total. The third kappa shape index (κ3) is 9.14. The topological polar surface area (TPSA) is 74.6 Å². The van der Waals surface area contributed by atoms with Gasteiger partial charge in [0.2, 0.25) is 0 Å². The molecule has 0 heterocycles. The average molecular weight is 363 g/mol. The Kier molecular flexibility index (Phi) is 10.9. The summed E-state index contributed by atoms with van der Waals surface area (Å²) in [5.74, 6) is -0.235. The summed E-state index contributed by atoms with van der Waals surface area (Å²) in [4.78, 5) is 22.5. The summed E-state index contributed by atoms with van der Waals surface area (Å²) < 4.78 is 0. The standard InChI is InChI=1S/C22H34O4/c1-3-4-9-17(2)16-19(23)14-12-18-13-15-21(24)20(18)10-7-5-6-8-11-22(25)26/h8,11-15,17-20,23H,3-7,9-10,16H2,1-2H3,(H,25,26)/b11-8+,14-12?/t17-,18-,19+,20+/m0/s1. The molecule has 1 rings (SSSR count). The predicted molar refractivity (Wildman–Crippen MR) is 105 cm³/mol. The zero-order chi connectivity index (χ0) is 19.4. The van der Waals surface area contributed by atoms with Gasteiger partial charge < -0.3 is 10.2 Å². The maximum atomic E-state index is 12.1. The van der Waals surface area contributed by atoms with Gasteiger partial charge in [-0.1, -0.05) is 63.8 Å². The summed E-state index contributed by atoms with van der Waals surface area (Å²) in [7, 11) is 0. The van der Waals surface area contributed by atoms with E-state index >= 15 is 0 Å². The molecular formula is C22H34O4. The largest absolute Gasteiger partial charge is 0.478 e. The second kappa shape index (κ2) is 12.6. The molecule has 0 radical (unpaired) electrons. The number of carboxylic acid groups (broad SMARTS) is 1. The summed E-state index contributed by atoms with van der Waals surface area (Å²) in [6.45, 7) is 4.35. The second-order valence-electron chi connectivity index (χ2n) is 7.41. The third-order valence-electron chi connectivity index (χ3n) is 4.96. The lowest BCUT2D eigenvalue weighted by Crippen LogP contribution is -2.15. The van der Waals surface area contributed by atoms with E-state index in [9.17, 15) is 14.7 Å². The van der Waals surface area contributed by atoms with Gasteiger partial charge in [0, 0.05) is 17.9 Å². The lowest BCUT2D eigenvalue weighted by Gasteiger charge is -2.16. The molecule has 0 aromatic carbocycles. The molecule has 0 aliphatic heterocycles. The number of aliphatic carboxylic acids is 1. The van der Waals surface area contributed by atoms with E-state index in [0.29, 0.717) is 5.92 Å². The highest BCUT2D eigenvalue weighted by atomic mass is 16.4. The van der Waals surface area contributed by atoms with Crippen molar-refractivity contribution in [2.75, 3.05) is 0 Å². The third-order valence-corrected chi connectivity index (χ3v) is 4.96. The Labute approximate surface area is 157 Å². The minimum Gasteiger partial charge on any atom is -0.478 e. The molecule has 0 unspecified atom stereocenters. The number of carbonyl (C=O) groups excluding carboxylic acids is 1. The number of carboxylic acids is 1. The minimum absolute atomic E-state index is 0.0422.